The third kappa shape index (κ3) is 2.36. The van der Waals surface area contributed by atoms with E-state index < -0.39 is 0 Å². The Morgan fingerprint density at radius 3 is 2.60 bits per heavy atom. The molecule has 1 heterocycles. The highest BCUT2D eigenvalue weighted by atomic mass is 16.5. The zero-order valence-corrected chi connectivity index (χ0v) is 10.2. The van der Waals surface area contributed by atoms with Crippen LogP contribution in [0.25, 0.3) is 0 Å². The molecule has 0 aromatic heterocycles. The molecule has 0 aromatic rings. The third-order valence-corrected chi connectivity index (χ3v) is 4.22. The van der Waals surface area contributed by atoms with Gasteiger partial charge in [-0.1, -0.05) is 20.3 Å². The van der Waals surface area contributed by atoms with E-state index in [4.69, 9.17) is 4.74 Å². The minimum absolute atomic E-state index is 0.523. The summed E-state index contributed by atoms with van der Waals surface area (Å²) in [5.41, 5.74) is 0. The van der Waals surface area contributed by atoms with Gasteiger partial charge in [-0.05, 0) is 38.1 Å². The highest BCUT2D eigenvalue weighted by molar-refractivity contribution is 4.92. The monoisotopic (exact) mass is 211 g/mol. The van der Waals surface area contributed by atoms with Gasteiger partial charge in [0.25, 0.3) is 0 Å². The number of hydrogen-bond acceptors (Lipinski definition) is 2. The van der Waals surface area contributed by atoms with Crippen molar-refractivity contribution in [2.75, 3.05) is 13.2 Å². The smallest absolute Gasteiger partial charge is 0.0616 e. The number of nitrogens with one attached hydrogen (secondary N) is 1. The van der Waals surface area contributed by atoms with Crippen molar-refractivity contribution in [1.29, 1.82) is 0 Å². The molecule has 3 atom stereocenters. The van der Waals surface area contributed by atoms with Gasteiger partial charge in [-0.25, -0.2) is 0 Å². The lowest BCUT2D eigenvalue weighted by Gasteiger charge is -2.39. The summed E-state index contributed by atoms with van der Waals surface area (Å²) in [6.07, 6.45) is 7.28. The molecule has 88 valence electrons. The molecule has 3 unspecified atom stereocenters. The fraction of sp³-hybridized carbons (Fsp3) is 1.00. The molecule has 2 rings (SSSR count). The lowest BCUT2D eigenvalue weighted by atomic mass is 9.73. The maximum atomic E-state index is 5.82. The van der Waals surface area contributed by atoms with E-state index in [1.54, 1.807) is 0 Å². The summed E-state index contributed by atoms with van der Waals surface area (Å²) in [7, 11) is 0. The Morgan fingerprint density at radius 2 is 2.07 bits per heavy atom. The molecule has 0 bridgehead atoms. The molecule has 0 spiro atoms. The second kappa shape index (κ2) is 5.31. The van der Waals surface area contributed by atoms with Crippen molar-refractivity contribution < 1.29 is 4.74 Å². The molecule has 2 aliphatic rings. The second-order valence-corrected chi connectivity index (χ2v) is 5.04. The molecule has 2 nitrogen and oxygen atoms in total. The van der Waals surface area contributed by atoms with Crippen molar-refractivity contribution in [3.63, 3.8) is 0 Å². The van der Waals surface area contributed by atoms with E-state index in [9.17, 15) is 0 Å². The molecule has 2 heteroatoms. The van der Waals surface area contributed by atoms with Gasteiger partial charge in [0.05, 0.1) is 6.10 Å². The van der Waals surface area contributed by atoms with E-state index in [0.717, 1.165) is 31.0 Å². The quantitative estimate of drug-likeness (QED) is 0.754. The fourth-order valence-corrected chi connectivity index (χ4v) is 3.20. The van der Waals surface area contributed by atoms with Crippen LogP contribution in [0.15, 0.2) is 0 Å². The Bertz CT molecular complexity index is 191. The molecular weight excluding hydrogens is 186 g/mol. The summed E-state index contributed by atoms with van der Waals surface area (Å²) in [5.74, 6) is 1.71. The summed E-state index contributed by atoms with van der Waals surface area (Å²) in [6, 6.07) is 0.733. The van der Waals surface area contributed by atoms with Crippen LogP contribution < -0.4 is 5.32 Å². The predicted molar refractivity (Wildman–Crippen MR) is 62.9 cm³/mol. The van der Waals surface area contributed by atoms with E-state index in [-0.39, 0.29) is 0 Å². The fourth-order valence-electron chi connectivity index (χ4n) is 3.20. The molecule has 0 radical (unpaired) electrons. The van der Waals surface area contributed by atoms with Gasteiger partial charge in [0.2, 0.25) is 0 Å². The molecule has 1 aliphatic heterocycles. The zero-order valence-electron chi connectivity index (χ0n) is 10.2. The van der Waals surface area contributed by atoms with E-state index >= 15 is 0 Å². The Morgan fingerprint density at radius 1 is 1.27 bits per heavy atom. The van der Waals surface area contributed by atoms with Crippen molar-refractivity contribution >= 4 is 0 Å². The van der Waals surface area contributed by atoms with Crippen molar-refractivity contribution in [3.8, 4) is 0 Å². The second-order valence-electron chi connectivity index (χ2n) is 5.04. The molecule has 0 amide bonds. The number of rotatable bonds is 5. The van der Waals surface area contributed by atoms with Gasteiger partial charge in [0, 0.05) is 18.6 Å². The van der Waals surface area contributed by atoms with Gasteiger partial charge in [-0.15, -0.1) is 0 Å². The molecule has 1 saturated carbocycles. The molecule has 0 aromatic carbocycles. The SMILES string of the molecule is CCNC(C1CCC1)C1CCOC1CC. The van der Waals surface area contributed by atoms with Crippen molar-refractivity contribution in [1.82, 2.24) is 5.32 Å². The maximum absolute atomic E-state index is 5.82. The average Bonchev–Trinajstić information content (AvgIpc) is 2.61. The van der Waals surface area contributed by atoms with Gasteiger partial charge in [0.15, 0.2) is 0 Å². The largest absolute Gasteiger partial charge is 0.378 e. The van der Waals surface area contributed by atoms with Crippen LogP contribution in [-0.4, -0.2) is 25.3 Å². The third-order valence-electron chi connectivity index (χ3n) is 4.22. The Kier molecular flexibility index (Phi) is 4.04. The highest BCUT2D eigenvalue weighted by Gasteiger charge is 2.39. The number of ether oxygens (including phenoxy) is 1. The van der Waals surface area contributed by atoms with Crippen molar-refractivity contribution in [3.05, 3.63) is 0 Å². The standard InChI is InChI=1S/C13H25NO/c1-3-12-11(8-9-15-12)13(14-4-2)10-6-5-7-10/h10-14H,3-9H2,1-2H3. The molecule has 2 fully saturated rings. The van der Waals surface area contributed by atoms with E-state index in [2.05, 4.69) is 19.2 Å². The minimum Gasteiger partial charge on any atom is -0.378 e. The normalized spacial score (nSPS) is 34.0. The van der Waals surface area contributed by atoms with E-state index in [0.29, 0.717) is 6.10 Å². The lowest BCUT2D eigenvalue weighted by Crippen LogP contribution is -2.47. The van der Waals surface area contributed by atoms with Crippen LogP contribution in [0.5, 0.6) is 0 Å². The van der Waals surface area contributed by atoms with Gasteiger partial charge in [-0.3, -0.25) is 0 Å². The molecule has 1 aliphatic carbocycles. The van der Waals surface area contributed by atoms with E-state index in [1.807, 2.05) is 0 Å². The summed E-state index contributed by atoms with van der Waals surface area (Å²) in [5, 5.41) is 3.71. The molecule has 15 heavy (non-hydrogen) atoms. The van der Waals surface area contributed by atoms with Crippen LogP contribution in [-0.2, 0) is 4.74 Å². The van der Waals surface area contributed by atoms with Gasteiger partial charge in [-0.2, -0.15) is 0 Å². The Hall–Kier alpha value is -0.0800. The first-order valence-corrected chi connectivity index (χ1v) is 6.71. The minimum atomic E-state index is 0.523. The summed E-state index contributed by atoms with van der Waals surface area (Å²) >= 11 is 0. The molecule has 1 saturated heterocycles. The predicted octanol–water partition coefficient (Wildman–Crippen LogP) is 2.58. The van der Waals surface area contributed by atoms with Crippen LogP contribution in [0.2, 0.25) is 0 Å². The lowest BCUT2D eigenvalue weighted by molar-refractivity contribution is 0.0598. The van der Waals surface area contributed by atoms with E-state index in [1.165, 1.54) is 32.1 Å². The van der Waals surface area contributed by atoms with Crippen molar-refractivity contribution in [2.24, 2.45) is 11.8 Å². The van der Waals surface area contributed by atoms with Crippen LogP contribution in [0.4, 0.5) is 0 Å². The van der Waals surface area contributed by atoms with Crippen LogP contribution in [0.1, 0.15) is 46.0 Å². The van der Waals surface area contributed by atoms with Gasteiger partial charge < -0.3 is 10.1 Å². The summed E-state index contributed by atoms with van der Waals surface area (Å²) in [6.45, 7) is 6.57. The average molecular weight is 211 g/mol. The van der Waals surface area contributed by atoms with Crippen LogP contribution >= 0.6 is 0 Å². The first-order chi connectivity index (χ1) is 7.36. The van der Waals surface area contributed by atoms with Gasteiger partial charge in [0.1, 0.15) is 0 Å². The van der Waals surface area contributed by atoms with Crippen LogP contribution in [0, 0.1) is 11.8 Å². The summed E-state index contributed by atoms with van der Waals surface area (Å²) < 4.78 is 5.82. The van der Waals surface area contributed by atoms with Gasteiger partial charge >= 0.3 is 0 Å². The molecule has 1 N–H and O–H groups in total. The first kappa shape index (κ1) is 11.4. The maximum Gasteiger partial charge on any atom is 0.0616 e. The zero-order chi connectivity index (χ0) is 10.7. The van der Waals surface area contributed by atoms with Crippen molar-refractivity contribution in [2.45, 2.75) is 58.1 Å². The Balaban J connectivity index is 1.95. The number of hydrogen-bond donors (Lipinski definition) is 1. The summed E-state index contributed by atoms with van der Waals surface area (Å²) in [4.78, 5) is 0. The Labute approximate surface area is 93.8 Å². The molecular formula is C13H25NO. The first-order valence-electron chi connectivity index (χ1n) is 6.71. The van der Waals surface area contributed by atoms with Crippen LogP contribution in [0.3, 0.4) is 0 Å². The topological polar surface area (TPSA) is 21.3 Å². The highest BCUT2D eigenvalue weighted by Crippen LogP contribution is 2.38.